The minimum atomic E-state index is -0.666. The van der Waals surface area contributed by atoms with E-state index in [1.54, 1.807) is 49.4 Å². The largest absolute Gasteiger partial charge is 0.489 e. The van der Waals surface area contributed by atoms with Crippen molar-refractivity contribution in [3.05, 3.63) is 76.7 Å². The number of aryl methyl sites for hydroxylation is 2. The zero-order valence-electron chi connectivity index (χ0n) is 18.5. The maximum atomic E-state index is 12.3. The van der Waals surface area contributed by atoms with E-state index in [-0.39, 0.29) is 23.4 Å². The number of benzene rings is 2. The molecule has 3 rings (SSSR count). The number of carbonyl (C=O) groups excluding carboxylic acids is 3. The minimum absolute atomic E-state index is 0.211. The van der Waals surface area contributed by atoms with Gasteiger partial charge in [-0.25, -0.2) is 9.59 Å². The van der Waals surface area contributed by atoms with Crippen LogP contribution in [-0.2, 0) is 20.9 Å². The van der Waals surface area contributed by atoms with Crippen LogP contribution in [0.25, 0.3) is 0 Å². The summed E-state index contributed by atoms with van der Waals surface area (Å²) < 4.78 is 20.8. The summed E-state index contributed by atoms with van der Waals surface area (Å²) in [7, 11) is 0. The molecule has 2 aromatic carbocycles. The fourth-order valence-corrected chi connectivity index (χ4v) is 2.93. The van der Waals surface area contributed by atoms with E-state index < -0.39 is 24.5 Å². The van der Waals surface area contributed by atoms with Gasteiger partial charge in [-0.2, -0.15) is 0 Å². The summed E-state index contributed by atoms with van der Waals surface area (Å²) in [5.74, 6) is -0.557. The van der Waals surface area contributed by atoms with Gasteiger partial charge in [0, 0.05) is 0 Å². The van der Waals surface area contributed by atoms with Crippen molar-refractivity contribution in [1.82, 2.24) is 5.16 Å². The molecule has 0 radical (unpaired) electrons. The normalized spacial score (nSPS) is 10.4. The topological polar surface area (TPSA) is 117 Å². The number of hydrogen-bond donors (Lipinski definition) is 1. The first-order chi connectivity index (χ1) is 15.9. The zero-order chi connectivity index (χ0) is 23.8. The van der Waals surface area contributed by atoms with E-state index in [1.807, 2.05) is 13.8 Å². The fourth-order valence-electron chi connectivity index (χ4n) is 2.93. The molecule has 0 atom stereocenters. The van der Waals surface area contributed by atoms with Gasteiger partial charge >= 0.3 is 11.9 Å². The molecule has 0 unspecified atom stereocenters. The Morgan fingerprint density at radius 1 is 0.970 bits per heavy atom. The number of amides is 1. The molecule has 0 fully saturated rings. The number of carbonyl (C=O) groups is 3. The van der Waals surface area contributed by atoms with Crippen molar-refractivity contribution in [2.75, 3.05) is 18.5 Å². The Bertz CT molecular complexity index is 1120. The second-order valence-corrected chi connectivity index (χ2v) is 7.01. The number of hydrogen-bond acceptors (Lipinski definition) is 8. The van der Waals surface area contributed by atoms with E-state index in [9.17, 15) is 14.4 Å². The highest BCUT2D eigenvalue weighted by Gasteiger charge is 2.16. The summed E-state index contributed by atoms with van der Waals surface area (Å²) in [6.45, 7) is 5.32. The molecule has 1 amide bonds. The maximum absolute atomic E-state index is 12.3. The highest BCUT2D eigenvalue weighted by atomic mass is 16.5. The van der Waals surface area contributed by atoms with Gasteiger partial charge in [-0.1, -0.05) is 17.3 Å². The molecule has 0 saturated heterocycles. The number of rotatable bonds is 9. The summed E-state index contributed by atoms with van der Waals surface area (Å²) in [5.41, 5.74) is 2.38. The molecule has 0 spiro atoms. The van der Waals surface area contributed by atoms with Crippen molar-refractivity contribution in [3.63, 3.8) is 0 Å². The second-order valence-electron chi connectivity index (χ2n) is 7.01. The molecule has 0 aliphatic rings. The number of para-hydroxylation sites is 1. The molecule has 33 heavy (non-hydrogen) atoms. The Labute approximate surface area is 190 Å². The van der Waals surface area contributed by atoms with E-state index in [1.165, 1.54) is 6.07 Å². The molecular formula is C24H24N2O7. The maximum Gasteiger partial charge on any atom is 0.340 e. The Kier molecular flexibility index (Phi) is 7.80. The van der Waals surface area contributed by atoms with Crippen molar-refractivity contribution in [3.8, 4) is 5.75 Å². The van der Waals surface area contributed by atoms with Gasteiger partial charge in [0.15, 0.2) is 6.61 Å². The van der Waals surface area contributed by atoms with Crippen LogP contribution in [0.2, 0.25) is 0 Å². The van der Waals surface area contributed by atoms with Gasteiger partial charge < -0.3 is 24.1 Å². The van der Waals surface area contributed by atoms with Gasteiger partial charge in [-0.3, -0.25) is 4.79 Å². The SMILES string of the molecule is CCOC(=O)c1ccccc1NC(=O)COC(=O)c1ccc(OCc2c(C)noc2C)cc1. The Hall–Kier alpha value is -4.14. The van der Waals surface area contributed by atoms with Crippen molar-refractivity contribution in [1.29, 1.82) is 0 Å². The minimum Gasteiger partial charge on any atom is -0.489 e. The number of aromatic nitrogens is 1. The molecule has 1 N–H and O–H groups in total. The van der Waals surface area contributed by atoms with Crippen molar-refractivity contribution >= 4 is 23.5 Å². The van der Waals surface area contributed by atoms with Gasteiger partial charge in [-0.15, -0.1) is 0 Å². The van der Waals surface area contributed by atoms with Crippen LogP contribution in [0.1, 0.15) is 44.7 Å². The lowest BCUT2D eigenvalue weighted by Gasteiger charge is -2.11. The molecule has 0 saturated carbocycles. The van der Waals surface area contributed by atoms with E-state index in [4.69, 9.17) is 18.7 Å². The standard InChI is InChI=1S/C24H24N2O7/c1-4-30-24(29)19-7-5-6-8-21(19)25-22(27)14-32-23(28)17-9-11-18(12-10-17)31-13-20-15(2)26-33-16(20)3/h5-12H,4,13-14H2,1-3H3,(H,25,27). The molecule has 172 valence electrons. The van der Waals surface area contributed by atoms with Crippen LogP contribution in [0.3, 0.4) is 0 Å². The van der Waals surface area contributed by atoms with Crippen LogP contribution < -0.4 is 10.1 Å². The summed E-state index contributed by atoms with van der Waals surface area (Å²) in [6.07, 6.45) is 0. The number of anilines is 1. The highest BCUT2D eigenvalue weighted by Crippen LogP contribution is 2.19. The van der Waals surface area contributed by atoms with Gasteiger partial charge in [0.1, 0.15) is 18.1 Å². The summed E-state index contributed by atoms with van der Waals surface area (Å²) in [5, 5.41) is 6.43. The van der Waals surface area contributed by atoms with Crippen LogP contribution in [0.4, 0.5) is 5.69 Å². The lowest BCUT2D eigenvalue weighted by molar-refractivity contribution is -0.119. The first-order valence-corrected chi connectivity index (χ1v) is 10.3. The highest BCUT2D eigenvalue weighted by molar-refractivity contribution is 6.02. The molecule has 1 aromatic heterocycles. The monoisotopic (exact) mass is 452 g/mol. The predicted octanol–water partition coefficient (Wildman–Crippen LogP) is 3.84. The van der Waals surface area contributed by atoms with Gasteiger partial charge in [0.05, 0.1) is 34.7 Å². The second kappa shape index (κ2) is 10.9. The Morgan fingerprint density at radius 2 is 1.70 bits per heavy atom. The van der Waals surface area contributed by atoms with E-state index >= 15 is 0 Å². The number of nitrogens with zero attached hydrogens (tertiary/aromatic N) is 1. The van der Waals surface area contributed by atoms with Crippen LogP contribution >= 0.6 is 0 Å². The fraction of sp³-hybridized carbons (Fsp3) is 0.250. The third kappa shape index (κ3) is 6.19. The van der Waals surface area contributed by atoms with Crippen molar-refractivity contribution in [2.45, 2.75) is 27.4 Å². The third-order valence-corrected chi connectivity index (χ3v) is 4.69. The van der Waals surface area contributed by atoms with Gasteiger partial charge in [0.2, 0.25) is 0 Å². The van der Waals surface area contributed by atoms with Crippen LogP contribution in [-0.4, -0.2) is 36.2 Å². The smallest absolute Gasteiger partial charge is 0.340 e. The van der Waals surface area contributed by atoms with E-state index in [0.29, 0.717) is 18.1 Å². The lowest BCUT2D eigenvalue weighted by Crippen LogP contribution is -2.22. The Balaban J connectivity index is 1.51. The zero-order valence-corrected chi connectivity index (χ0v) is 18.5. The van der Waals surface area contributed by atoms with E-state index in [0.717, 1.165) is 11.3 Å². The van der Waals surface area contributed by atoms with Gasteiger partial charge in [0.25, 0.3) is 5.91 Å². The number of esters is 2. The molecule has 3 aromatic rings. The molecule has 0 aliphatic heterocycles. The first kappa shape index (κ1) is 23.5. The molecule has 0 bridgehead atoms. The average molecular weight is 452 g/mol. The van der Waals surface area contributed by atoms with Crippen LogP contribution in [0, 0.1) is 13.8 Å². The summed E-state index contributed by atoms with van der Waals surface area (Å²) >= 11 is 0. The van der Waals surface area contributed by atoms with Crippen LogP contribution in [0.5, 0.6) is 5.75 Å². The quantitative estimate of drug-likeness (QED) is 0.487. The van der Waals surface area contributed by atoms with Crippen molar-refractivity contribution < 1.29 is 33.1 Å². The summed E-state index contributed by atoms with van der Waals surface area (Å²) in [4.78, 5) is 36.5. The Morgan fingerprint density at radius 3 is 2.36 bits per heavy atom. The molecule has 9 nitrogen and oxygen atoms in total. The van der Waals surface area contributed by atoms with Gasteiger partial charge in [-0.05, 0) is 57.2 Å². The summed E-state index contributed by atoms with van der Waals surface area (Å²) in [6, 6.07) is 12.8. The number of nitrogens with one attached hydrogen (secondary N) is 1. The average Bonchev–Trinajstić information content (AvgIpc) is 3.14. The number of ether oxygens (including phenoxy) is 3. The first-order valence-electron chi connectivity index (χ1n) is 10.3. The van der Waals surface area contributed by atoms with Crippen molar-refractivity contribution in [2.24, 2.45) is 0 Å². The molecular weight excluding hydrogens is 428 g/mol. The predicted molar refractivity (Wildman–Crippen MR) is 118 cm³/mol. The van der Waals surface area contributed by atoms with E-state index in [2.05, 4.69) is 10.5 Å². The third-order valence-electron chi connectivity index (χ3n) is 4.69. The molecule has 1 heterocycles. The molecule has 9 heteroatoms. The molecule has 0 aliphatic carbocycles. The van der Waals surface area contributed by atoms with Crippen LogP contribution in [0.15, 0.2) is 53.1 Å². The lowest BCUT2D eigenvalue weighted by atomic mass is 10.2.